The summed E-state index contributed by atoms with van der Waals surface area (Å²) >= 11 is 0. The van der Waals surface area contributed by atoms with Crippen LogP contribution in [0, 0.1) is 0 Å². The van der Waals surface area contributed by atoms with Crippen molar-refractivity contribution in [2.24, 2.45) is 0 Å². The maximum Gasteiger partial charge on any atom is 0.160 e. The lowest BCUT2D eigenvalue weighted by Crippen LogP contribution is -1.97. The molecule has 4 heteroatoms. The summed E-state index contributed by atoms with van der Waals surface area (Å²) in [6.45, 7) is 0. The van der Waals surface area contributed by atoms with Crippen LogP contribution in [0.15, 0.2) is 122 Å². The highest BCUT2D eigenvalue weighted by Gasteiger charge is 2.14. The summed E-state index contributed by atoms with van der Waals surface area (Å²) in [6.07, 6.45) is 3.59. The van der Waals surface area contributed by atoms with Gasteiger partial charge in [0.15, 0.2) is 5.82 Å². The lowest BCUT2D eigenvalue weighted by molar-refractivity contribution is 1.17. The van der Waals surface area contributed by atoms with Gasteiger partial charge in [0.25, 0.3) is 0 Å². The summed E-state index contributed by atoms with van der Waals surface area (Å²) in [5.41, 5.74) is 7.28. The van der Waals surface area contributed by atoms with Gasteiger partial charge < -0.3 is 4.57 Å². The Balaban J connectivity index is 1.39. The Morgan fingerprint density at radius 2 is 1.17 bits per heavy atom. The highest BCUT2D eigenvalue weighted by molar-refractivity contribution is 6.09. The summed E-state index contributed by atoms with van der Waals surface area (Å²) in [5, 5.41) is 3.51. The van der Waals surface area contributed by atoms with Crippen molar-refractivity contribution in [1.29, 1.82) is 0 Å². The second kappa shape index (κ2) is 7.89. The lowest BCUT2D eigenvalue weighted by Gasteiger charge is -2.11. The molecule has 3 aromatic heterocycles. The van der Waals surface area contributed by atoms with Crippen LogP contribution in [0.5, 0.6) is 0 Å². The minimum absolute atomic E-state index is 0.693. The van der Waals surface area contributed by atoms with Crippen LogP contribution in [0.1, 0.15) is 0 Å². The third-order valence-corrected chi connectivity index (χ3v) is 6.51. The van der Waals surface area contributed by atoms with E-state index in [2.05, 4.69) is 94.5 Å². The Labute approximate surface area is 202 Å². The van der Waals surface area contributed by atoms with E-state index in [0.29, 0.717) is 5.82 Å². The van der Waals surface area contributed by atoms with Crippen LogP contribution in [0.4, 0.5) is 0 Å². The van der Waals surface area contributed by atoms with Gasteiger partial charge in [-0.15, -0.1) is 0 Å². The average molecular weight is 449 g/mol. The van der Waals surface area contributed by atoms with Gasteiger partial charge in [-0.1, -0.05) is 66.7 Å². The van der Waals surface area contributed by atoms with Crippen molar-refractivity contribution in [3.05, 3.63) is 122 Å². The SMILES string of the molecule is c1ccc(-c2nc(-c3ccc(-n4c5ccccc5c5ccccc54)cc3)nc3cnccc23)cc1. The van der Waals surface area contributed by atoms with Crippen molar-refractivity contribution in [3.63, 3.8) is 0 Å². The van der Waals surface area contributed by atoms with Gasteiger partial charge in [-0.05, 0) is 42.5 Å². The molecule has 0 spiro atoms. The Morgan fingerprint density at radius 3 is 1.89 bits per heavy atom. The van der Waals surface area contributed by atoms with Crippen molar-refractivity contribution in [3.8, 4) is 28.3 Å². The molecule has 0 unspecified atom stereocenters. The molecule has 7 rings (SSSR count). The molecule has 4 aromatic carbocycles. The number of nitrogens with zero attached hydrogens (tertiary/aromatic N) is 4. The van der Waals surface area contributed by atoms with E-state index < -0.39 is 0 Å². The number of hydrogen-bond donors (Lipinski definition) is 0. The molecule has 0 aliphatic carbocycles. The third-order valence-electron chi connectivity index (χ3n) is 6.51. The summed E-state index contributed by atoms with van der Waals surface area (Å²) in [5.74, 6) is 0.693. The number of para-hydroxylation sites is 2. The summed E-state index contributed by atoms with van der Waals surface area (Å²) in [7, 11) is 0. The van der Waals surface area contributed by atoms with Crippen molar-refractivity contribution < 1.29 is 0 Å². The molecule has 4 nitrogen and oxygen atoms in total. The number of benzene rings is 4. The standard InChI is InChI=1S/C31H20N4/c1-2-8-21(9-3-1)30-26-18-19-32-20-27(26)33-31(34-30)22-14-16-23(17-15-22)35-28-12-6-4-10-24(28)25-11-5-7-13-29(25)35/h1-20H. The predicted octanol–water partition coefficient (Wildman–Crippen LogP) is 7.46. The monoisotopic (exact) mass is 448 g/mol. The van der Waals surface area contributed by atoms with E-state index in [1.165, 1.54) is 21.8 Å². The molecule has 0 aliphatic heterocycles. The minimum atomic E-state index is 0.693. The maximum absolute atomic E-state index is 4.99. The zero-order valence-corrected chi connectivity index (χ0v) is 18.8. The van der Waals surface area contributed by atoms with Gasteiger partial charge in [0.05, 0.1) is 28.4 Å². The molecule has 0 fully saturated rings. The van der Waals surface area contributed by atoms with E-state index in [9.17, 15) is 0 Å². The van der Waals surface area contributed by atoms with Crippen LogP contribution in [0.3, 0.4) is 0 Å². The molecule has 0 N–H and O–H groups in total. The topological polar surface area (TPSA) is 43.6 Å². The Morgan fingerprint density at radius 1 is 0.514 bits per heavy atom. The third kappa shape index (κ3) is 3.19. The molecular formula is C31H20N4. The molecule has 7 aromatic rings. The fraction of sp³-hybridized carbons (Fsp3) is 0. The zero-order valence-electron chi connectivity index (χ0n) is 18.8. The van der Waals surface area contributed by atoms with Gasteiger partial charge >= 0.3 is 0 Å². The van der Waals surface area contributed by atoms with Crippen molar-refractivity contribution in [2.75, 3.05) is 0 Å². The fourth-order valence-corrected chi connectivity index (χ4v) is 4.89. The largest absolute Gasteiger partial charge is 0.309 e. The highest BCUT2D eigenvalue weighted by atomic mass is 15.0. The quantitative estimate of drug-likeness (QED) is 0.282. The van der Waals surface area contributed by atoms with Crippen LogP contribution in [-0.2, 0) is 0 Å². The average Bonchev–Trinajstić information content (AvgIpc) is 3.27. The summed E-state index contributed by atoms with van der Waals surface area (Å²) in [4.78, 5) is 14.1. The van der Waals surface area contributed by atoms with E-state index >= 15 is 0 Å². The van der Waals surface area contributed by atoms with E-state index in [1.54, 1.807) is 12.4 Å². The highest BCUT2D eigenvalue weighted by Crippen LogP contribution is 2.33. The van der Waals surface area contributed by atoms with Crippen LogP contribution >= 0.6 is 0 Å². The molecule has 3 heterocycles. The summed E-state index contributed by atoms with van der Waals surface area (Å²) < 4.78 is 2.31. The minimum Gasteiger partial charge on any atom is -0.309 e. The first kappa shape index (κ1) is 19.6. The first-order valence-corrected chi connectivity index (χ1v) is 11.6. The number of fused-ring (bicyclic) bond motifs is 4. The Kier molecular flexibility index (Phi) is 4.42. The van der Waals surface area contributed by atoms with E-state index in [1.807, 2.05) is 24.3 Å². The molecule has 0 saturated heterocycles. The maximum atomic E-state index is 4.99. The number of rotatable bonds is 3. The van der Waals surface area contributed by atoms with Crippen molar-refractivity contribution >= 4 is 32.7 Å². The van der Waals surface area contributed by atoms with Gasteiger partial charge in [0.1, 0.15) is 0 Å². The van der Waals surface area contributed by atoms with E-state index in [0.717, 1.165) is 33.4 Å². The molecule has 164 valence electrons. The molecular weight excluding hydrogens is 428 g/mol. The number of hydrogen-bond acceptors (Lipinski definition) is 3. The predicted molar refractivity (Wildman–Crippen MR) is 143 cm³/mol. The molecule has 0 saturated carbocycles. The van der Waals surface area contributed by atoms with Gasteiger partial charge in [-0.3, -0.25) is 4.98 Å². The van der Waals surface area contributed by atoms with E-state index in [-0.39, 0.29) is 0 Å². The van der Waals surface area contributed by atoms with Crippen LogP contribution in [0.2, 0.25) is 0 Å². The molecule has 35 heavy (non-hydrogen) atoms. The summed E-state index contributed by atoms with van der Waals surface area (Å²) in [6, 6.07) is 37.8. The van der Waals surface area contributed by atoms with Gasteiger partial charge in [-0.25, -0.2) is 9.97 Å². The normalized spacial score (nSPS) is 11.4. The first-order valence-electron chi connectivity index (χ1n) is 11.6. The molecule has 0 aliphatic rings. The number of pyridine rings is 1. The van der Waals surface area contributed by atoms with Gasteiger partial charge in [0, 0.05) is 39.2 Å². The molecule has 0 amide bonds. The fourth-order valence-electron chi connectivity index (χ4n) is 4.89. The Bertz CT molecular complexity index is 1780. The van der Waals surface area contributed by atoms with Crippen LogP contribution < -0.4 is 0 Å². The molecule has 0 radical (unpaired) electrons. The van der Waals surface area contributed by atoms with Crippen LogP contribution in [0.25, 0.3) is 61.0 Å². The Hall–Kier alpha value is -4.83. The second-order valence-electron chi connectivity index (χ2n) is 8.57. The first-order chi connectivity index (χ1) is 17.4. The van der Waals surface area contributed by atoms with Crippen molar-refractivity contribution in [2.45, 2.75) is 0 Å². The van der Waals surface area contributed by atoms with Crippen LogP contribution in [-0.4, -0.2) is 19.5 Å². The lowest BCUT2D eigenvalue weighted by atomic mass is 10.1. The molecule has 0 atom stereocenters. The van der Waals surface area contributed by atoms with Gasteiger partial charge in [-0.2, -0.15) is 0 Å². The van der Waals surface area contributed by atoms with Gasteiger partial charge in [0.2, 0.25) is 0 Å². The molecule has 0 bridgehead atoms. The smallest absolute Gasteiger partial charge is 0.160 e. The van der Waals surface area contributed by atoms with E-state index in [4.69, 9.17) is 9.97 Å². The van der Waals surface area contributed by atoms with Crippen molar-refractivity contribution in [1.82, 2.24) is 19.5 Å². The number of aromatic nitrogens is 4. The zero-order chi connectivity index (χ0) is 23.2. The second-order valence-corrected chi connectivity index (χ2v) is 8.57.